The molecule has 2 aromatic carbocycles. The Morgan fingerprint density at radius 3 is 2.61 bits per heavy atom. The maximum absolute atomic E-state index is 12.3. The van der Waals surface area contributed by atoms with Gasteiger partial charge < -0.3 is 10.1 Å². The minimum atomic E-state index is -0.732. The summed E-state index contributed by atoms with van der Waals surface area (Å²) in [7, 11) is 1.31. The first kappa shape index (κ1) is 17.9. The van der Waals surface area contributed by atoms with Gasteiger partial charge in [-0.05, 0) is 58.5 Å². The van der Waals surface area contributed by atoms with Gasteiger partial charge in [-0.15, -0.1) is 0 Å². The smallest absolute Gasteiger partial charge is 0.328 e. The number of hydrogen-bond acceptors (Lipinski definition) is 3. The predicted molar refractivity (Wildman–Crippen MR) is 100 cm³/mol. The number of hydrogen-bond donors (Lipinski definition) is 1. The van der Waals surface area contributed by atoms with Crippen LogP contribution in [0.1, 0.15) is 15.9 Å². The number of methoxy groups -OCH3 is 1. The van der Waals surface area contributed by atoms with Crippen molar-refractivity contribution in [3.63, 3.8) is 0 Å². The van der Waals surface area contributed by atoms with E-state index in [0.717, 1.165) is 13.6 Å². The number of amides is 1. The summed E-state index contributed by atoms with van der Waals surface area (Å²) in [6.45, 7) is 0. The van der Waals surface area contributed by atoms with Gasteiger partial charge in [0.15, 0.2) is 0 Å². The number of benzene rings is 2. The quantitative estimate of drug-likeness (QED) is 0.518. The number of nitrogens with one attached hydrogen (secondary N) is 1. The van der Waals surface area contributed by atoms with Crippen LogP contribution in [0.25, 0.3) is 0 Å². The molecule has 2 aromatic rings. The van der Waals surface area contributed by atoms with Crippen molar-refractivity contribution < 1.29 is 14.3 Å². The first-order valence-corrected chi connectivity index (χ1v) is 8.75. The Labute approximate surface area is 156 Å². The number of halogens is 2. The fourth-order valence-electron chi connectivity index (χ4n) is 2.11. The van der Waals surface area contributed by atoms with Crippen LogP contribution in [-0.4, -0.2) is 25.0 Å². The average molecular weight is 488 g/mol. The highest BCUT2D eigenvalue weighted by Crippen LogP contribution is 2.13. The zero-order chi connectivity index (χ0) is 16.8. The Hall–Kier alpha value is -1.41. The van der Waals surface area contributed by atoms with E-state index in [1.54, 1.807) is 18.2 Å². The molecular formula is C17H15BrINO3. The molecular weight excluding hydrogens is 473 g/mol. The minimum absolute atomic E-state index is 0.313. The molecule has 2 rings (SSSR count). The number of esters is 1. The van der Waals surface area contributed by atoms with Gasteiger partial charge in [0.05, 0.1) is 7.11 Å². The van der Waals surface area contributed by atoms with Crippen molar-refractivity contribution >= 4 is 50.4 Å². The number of ether oxygens (including phenoxy) is 1. The van der Waals surface area contributed by atoms with Crippen LogP contribution in [0.2, 0.25) is 0 Å². The van der Waals surface area contributed by atoms with Crippen molar-refractivity contribution in [2.75, 3.05) is 7.11 Å². The fraction of sp³-hybridized carbons (Fsp3) is 0.176. The zero-order valence-electron chi connectivity index (χ0n) is 12.4. The zero-order valence-corrected chi connectivity index (χ0v) is 16.1. The lowest BCUT2D eigenvalue weighted by molar-refractivity contribution is -0.142. The van der Waals surface area contributed by atoms with Gasteiger partial charge in [0.25, 0.3) is 5.91 Å². The lowest BCUT2D eigenvalue weighted by Gasteiger charge is -2.17. The molecule has 0 fully saturated rings. The van der Waals surface area contributed by atoms with E-state index in [0.29, 0.717) is 12.0 Å². The summed E-state index contributed by atoms with van der Waals surface area (Å²) in [5.74, 6) is -0.778. The summed E-state index contributed by atoms with van der Waals surface area (Å²) >= 11 is 5.54. The highest BCUT2D eigenvalue weighted by Gasteiger charge is 2.22. The van der Waals surface area contributed by atoms with Gasteiger partial charge >= 0.3 is 5.97 Å². The van der Waals surface area contributed by atoms with Crippen LogP contribution < -0.4 is 5.32 Å². The van der Waals surface area contributed by atoms with Crippen LogP contribution in [0, 0.1) is 3.57 Å². The van der Waals surface area contributed by atoms with Crippen LogP contribution in [0.5, 0.6) is 0 Å². The second kappa shape index (κ2) is 8.44. The normalized spacial score (nSPS) is 11.6. The molecule has 0 saturated carbocycles. The Morgan fingerprint density at radius 1 is 1.22 bits per heavy atom. The summed E-state index contributed by atoms with van der Waals surface area (Å²) < 4.78 is 6.68. The van der Waals surface area contributed by atoms with Gasteiger partial charge in [-0.3, -0.25) is 4.79 Å². The Balaban J connectivity index is 2.15. The van der Waals surface area contributed by atoms with Crippen LogP contribution in [0.15, 0.2) is 53.0 Å². The monoisotopic (exact) mass is 487 g/mol. The molecule has 6 heteroatoms. The molecule has 4 nitrogen and oxygen atoms in total. The van der Waals surface area contributed by atoms with Crippen LogP contribution in [0.3, 0.4) is 0 Å². The summed E-state index contributed by atoms with van der Waals surface area (Å²) in [5, 5.41) is 2.74. The van der Waals surface area contributed by atoms with E-state index in [4.69, 9.17) is 4.74 Å². The molecule has 0 spiro atoms. The molecule has 0 aliphatic carbocycles. The predicted octanol–water partition coefficient (Wildman–Crippen LogP) is 3.57. The van der Waals surface area contributed by atoms with E-state index in [1.165, 1.54) is 7.11 Å². The molecule has 0 aromatic heterocycles. The van der Waals surface area contributed by atoms with E-state index < -0.39 is 12.0 Å². The molecule has 0 bridgehead atoms. The Bertz CT molecular complexity index is 720. The van der Waals surface area contributed by atoms with Crippen LogP contribution >= 0.6 is 38.5 Å². The highest BCUT2D eigenvalue weighted by molar-refractivity contribution is 14.1. The van der Waals surface area contributed by atoms with Crippen molar-refractivity contribution in [2.45, 2.75) is 12.5 Å². The van der Waals surface area contributed by atoms with E-state index in [9.17, 15) is 9.59 Å². The minimum Gasteiger partial charge on any atom is -0.467 e. The third-order valence-electron chi connectivity index (χ3n) is 3.21. The molecule has 0 unspecified atom stereocenters. The van der Waals surface area contributed by atoms with Crippen molar-refractivity contribution in [2.24, 2.45) is 0 Å². The maximum atomic E-state index is 12.3. The Kier molecular flexibility index (Phi) is 6.59. The third-order valence-corrected chi connectivity index (χ3v) is 4.37. The van der Waals surface area contributed by atoms with Gasteiger partial charge in [-0.2, -0.15) is 0 Å². The van der Waals surface area contributed by atoms with Gasteiger partial charge in [-0.1, -0.05) is 34.1 Å². The van der Waals surface area contributed by atoms with Gasteiger partial charge in [0, 0.05) is 20.0 Å². The molecule has 120 valence electrons. The second-order valence-corrected chi connectivity index (χ2v) is 7.05. The van der Waals surface area contributed by atoms with Gasteiger partial charge in [0.2, 0.25) is 0 Å². The molecule has 23 heavy (non-hydrogen) atoms. The van der Waals surface area contributed by atoms with E-state index in [1.807, 2.05) is 30.3 Å². The largest absolute Gasteiger partial charge is 0.467 e. The Morgan fingerprint density at radius 2 is 1.96 bits per heavy atom. The van der Waals surface area contributed by atoms with Crippen molar-refractivity contribution in [3.05, 3.63) is 67.7 Å². The molecule has 1 amide bonds. The SMILES string of the molecule is COC(=O)[C@@H](Cc1cccc(I)c1)NC(=O)c1cccc(Br)c1. The lowest BCUT2D eigenvalue weighted by Crippen LogP contribution is -2.43. The number of rotatable bonds is 5. The van der Waals surface area contributed by atoms with Crippen molar-refractivity contribution in [1.82, 2.24) is 5.32 Å². The lowest BCUT2D eigenvalue weighted by atomic mass is 10.1. The molecule has 0 radical (unpaired) electrons. The van der Waals surface area contributed by atoms with E-state index in [-0.39, 0.29) is 5.91 Å². The summed E-state index contributed by atoms with van der Waals surface area (Å²) in [4.78, 5) is 24.3. The first-order chi connectivity index (χ1) is 11.0. The molecule has 1 N–H and O–H groups in total. The third kappa shape index (κ3) is 5.31. The number of carbonyl (C=O) groups is 2. The van der Waals surface area contributed by atoms with Gasteiger partial charge in [-0.25, -0.2) is 4.79 Å². The maximum Gasteiger partial charge on any atom is 0.328 e. The summed E-state index contributed by atoms with van der Waals surface area (Å²) in [6, 6.07) is 14.1. The van der Waals surface area contributed by atoms with Gasteiger partial charge in [0.1, 0.15) is 6.04 Å². The molecule has 0 aliphatic heterocycles. The van der Waals surface area contributed by atoms with E-state index in [2.05, 4.69) is 43.8 Å². The van der Waals surface area contributed by atoms with Crippen LogP contribution in [-0.2, 0) is 16.0 Å². The first-order valence-electron chi connectivity index (χ1n) is 6.88. The van der Waals surface area contributed by atoms with Crippen LogP contribution in [0.4, 0.5) is 0 Å². The van der Waals surface area contributed by atoms with E-state index >= 15 is 0 Å². The van der Waals surface area contributed by atoms with Crippen molar-refractivity contribution in [1.29, 1.82) is 0 Å². The molecule has 0 saturated heterocycles. The fourth-order valence-corrected chi connectivity index (χ4v) is 3.11. The highest BCUT2D eigenvalue weighted by atomic mass is 127. The van der Waals surface area contributed by atoms with Crippen molar-refractivity contribution in [3.8, 4) is 0 Å². The standard InChI is InChI=1S/C17H15BrINO3/c1-23-17(22)15(9-11-4-2-7-14(19)8-11)20-16(21)12-5-3-6-13(18)10-12/h2-8,10,15H,9H2,1H3,(H,20,21)/t15-/m1/s1. The topological polar surface area (TPSA) is 55.4 Å². The average Bonchev–Trinajstić information content (AvgIpc) is 2.53. The summed E-state index contributed by atoms with van der Waals surface area (Å²) in [6.07, 6.45) is 0.378. The molecule has 1 atom stereocenters. The summed E-state index contributed by atoms with van der Waals surface area (Å²) in [5.41, 5.74) is 1.44. The molecule has 0 heterocycles. The molecule has 0 aliphatic rings. The second-order valence-electron chi connectivity index (χ2n) is 4.89. The number of carbonyl (C=O) groups excluding carboxylic acids is 2.